The number of hydrogen-bond donors (Lipinski definition) is 1. The number of nitrogens with one attached hydrogen (secondary N) is 1. The van der Waals surface area contributed by atoms with Crippen LogP contribution < -0.4 is 5.32 Å². The van der Waals surface area contributed by atoms with E-state index < -0.39 is 0 Å². The van der Waals surface area contributed by atoms with Crippen molar-refractivity contribution in [2.75, 3.05) is 26.0 Å². The second kappa shape index (κ2) is 3.86. The fraction of sp³-hybridized carbons (Fsp3) is 0.538. The second-order valence-electron chi connectivity index (χ2n) is 4.86. The molecule has 1 heterocycles. The Hall–Kier alpha value is -1.02. The molecule has 0 radical (unpaired) electrons. The molecular formula is C13H20N2. The monoisotopic (exact) mass is 204 g/mol. The van der Waals surface area contributed by atoms with E-state index in [-0.39, 0.29) is 0 Å². The molecule has 2 nitrogen and oxygen atoms in total. The van der Waals surface area contributed by atoms with Crippen LogP contribution >= 0.6 is 0 Å². The molecule has 1 aromatic carbocycles. The van der Waals surface area contributed by atoms with Gasteiger partial charge in [0.15, 0.2) is 0 Å². The van der Waals surface area contributed by atoms with Crippen LogP contribution in [0, 0.1) is 12.8 Å². The van der Waals surface area contributed by atoms with Crippen LogP contribution in [-0.2, 0) is 0 Å². The summed E-state index contributed by atoms with van der Waals surface area (Å²) in [5, 5.41) is 3.50. The molecule has 1 N–H and O–H groups in total. The Morgan fingerprint density at radius 3 is 2.73 bits per heavy atom. The third-order valence-corrected chi connectivity index (χ3v) is 3.24. The van der Waals surface area contributed by atoms with E-state index in [9.17, 15) is 0 Å². The van der Waals surface area contributed by atoms with E-state index in [2.05, 4.69) is 56.4 Å². The summed E-state index contributed by atoms with van der Waals surface area (Å²) in [5.74, 6) is 0.661. The minimum atomic E-state index is 0.543. The molecule has 1 aliphatic rings. The Morgan fingerprint density at radius 1 is 1.33 bits per heavy atom. The first-order chi connectivity index (χ1) is 7.09. The largest absolute Gasteiger partial charge is 0.384 e. The SMILES string of the molecule is Cc1ccc2c(c1)C(N(C)C)C(C)CN2. The molecule has 2 rings (SSSR count). The van der Waals surface area contributed by atoms with Gasteiger partial charge in [0.1, 0.15) is 0 Å². The van der Waals surface area contributed by atoms with Crippen molar-refractivity contribution in [1.82, 2.24) is 4.90 Å². The Bertz CT molecular complexity index is 358. The van der Waals surface area contributed by atoms with Gasteiger partial charge in [0, 0.05) is 18.3 Å². The fourth-order valence-electron chi connectivity index (χ4n) is 2.56. The maximum absolute atomic E-state index is 3.50. The summed E-state index contributed by atoms with van der Waals surface area (Å²) in [7, 11) is 4.33. The zero-order valence-corrected chi connectivity index (χ0v) is 10.0. The molecule has 0 aliphatic carbocycles. The van der Waals surface area contributed by atoms with Gasteiger partial charge in [-0.2, -0.15) is 0 Å². The summed E-state index contributed by atoms with van der Waals surface area (Å²) in [6.45, 7) is 5.54. The molecular weight excluding hydrogens is 184 g/mol. The Kier molecular flexibility index (Phi) is 2.70. The molecule has 2 unspecified atom stereocenters. The van der Waals surface area contributed by atoms with Gasteiger partial charge < -0.3 is 10.2 Å². The summed E-state index contributed by atoms with van der Waals surface area (Å²) in [4.78, 5) is 2.32. The molecule has 0 saturated carbocycles. The van der Waals surface area contributed by atoms with Gasteiger partial charge in [0.25, 0.3) is 0 Å². The number of anilines is 1. The molecule has 0 bridgehead atoms. The third-order valence-electron chi connectivity index (χ3n) is 3.24. The van der Waals surface area contributed by atoms with Crippen molar-refractivity contribution in [3.63, 3.8) is 0 Å². The van der Waals surface area contributed by atoms with Crippen molar-refractivity contribution in [3.05, 3.63) is 29.3 Å². The lowest BCUT2D eigenvalue weighted by Crippen LogP contribution is -2.34. The molecule has 0 fully saturated rings. The summed E-state index contributed by atoms with van der Waals surface area (Å²) in [6, 6.07) is 7.23. The van der Waals surface area contributed by atoms with Gasteiger partial charge >= 0.3 is 0 Å². The Labute approximate surface area is 92.3 Å². The van der Waals surface area contributed by atoms with E-state index in [0.29, 0.717) is 12.0 Å². The molecule has 2 atom stereocenters. The number of nitrogens with zero attached hydrogens (tertiary/aromatic N) is 1. The molecule has 0 spiro atoms. The van der Waals surface area contributed by atoms with Crippen LogP contribution in [0.1, 0.15) is 24.1 Å². The second-order valence-corrected chi connectivity index (χ2v) is 4.86. The molecule has 0 amide bonds. The van der Waals surface area contributed by atoms with Gasteiger partial charge in [-0.05, 0) is 38.6 Å². The first-order valence-electron chi connectivity index (χ1n) is 5.60. The highest BCUT2D eigenvalue weighted by molar-refractivity contribution is 5.56. The molecule has 1 aliphatic heterocycles. The molecule has 2 heteroatoms. The van der Waals surface area contributed by atoms with Crippen LogP contribution in [0.4, 0.5) is 5.69 Å². The number of benzene rings is 1. The standard InChI is InChI=1S/C13H20N2/c1-9-5-6-12-11(7-9)13(15(3)4)10(2)8-14-12/h5-7,10,13-14H,8H2,1-4H3. The van der Waals surface area contributed by atoms with Crippen LogP contribution in [0.25, 0.3) is 0 Å². The number of rotatable bonds is 1. The fourth-order valence-corrected chi connectivity index (χ4v) is 2.56. The molecule has 1 aromatic rings. The van der Waals surface area contributed by atoms with Gasteiger partial charge in [-0.25, -0.2) is 0 Å². The summed E-state index contributed by atoms with van der Waals surface area (Å²) < 4.78 is 0. The van der Waals surface area contributed by atoms with Gasteiger partial charge in [0.05, 0.1) is 0 Å². The van der Waals surface area contributed by atoms with E-state index in [4.69, 9.17) is 0 Å². The average Bonchev–Trinajstić information content (AvgIpc) is 2.16. The van der Waals surface area contributed by atoms with E-state index in [1.165, 1.54) is 16.8 Å². The number of fused-ring (bicyclic) bond motifs is 1. The smallest absolute Gasteiger partial charge is 0.0404 e. The third kappa shape index (κ3) is 1.86. The maximum atomic E-state index is 3.50. The highest BCUT2D eigenvalue weighted by Gasteiger charge is 2.27. The lowest BCUT2D eigenvalue weighted by Gasteiger charge is -2.36. The average molecular weight is 204 g/mol. The highest BCUT2D eigenvalue weighted by Crippen LogP contribution is 2.36. The first kappa shape index (κ1) is 10.5. The first-order valence-corrected chi connectivity index (χ1v) is 5.60. The van der Waals surface area contributed by atoms with Crippen molar-refractivity contribution in [3.8, 4) is 0 Å². The normalized spacial score (nSPS) is 24.9. The van der Waals surface area contributed by atoms with Crippen LogP contribution in [-0.4, -0.2) is 25.5 Å². The topological polar surface area (TPSA) is 15.3 Å². The molecule has 0 aromatic heterocycles. The van der Waals surface area contributed by atoms with Gasteiger partial charge in [-0.3, -0.25) is 0 Å². The summed E-state index contributed by atoms with van der Waals surface area (Å²) in [6.07, 6.45) is 0. The lowest BCUT2D eigenvalue weighted by atomic mass is 9.88. The molecule has 82 valence electrons. The Morgan fingerprint density at radius 2 is 2.07 bits per heavy atom. The maximum Gasteiger partial charge on any atom is 0.0404 e. The molecule has 15 heavy (non-hydrogen) atoms. The van der Waals surface area contributed by atoms with Gasteiger partial charge in [0.2, 0.25) is 0 Å². The van der Waals surface area contributed by atoms with Crippen molar-refractivity contribution in [1.29, 1.82) is 0 Å². The van der Waals surface area contributed by atoms with E-state index in [0.717, 1.165) is 6.54 Å². The van der Waals surface area contributed by atoms with E-state index in [1.807, 2.05) is 0 Å². The molecule has 0 saturated heterocycles. The lowest BCUT2D eigenvalue weighted by molar-refractivity contribution is 0.225. The Balaban J connectivity index is 2.46. The number of aryl methyl sites for hydroxylation is 1. The minimum Gasteiger partial charge on any atom is -0.384 e. The predicted molar refractivity (Wildman–Crippen MR) is 65.3 cm³/mol. The van der Waals surface area contributed by atoms with Crippen LogP contribution in [0.15, 0.2) is 18.2 Å². The van der Waals surface area contributed by atoms with Crippen LogP contribution in [0.2, 0.25) is 0 Å². The van der Waals surface area contributed by atoms with Crippen molar-refractivity contribution in [2.45, 2.75) is 19.9 Å². The number of hydrogen-bond acceptors (Lipinski definition) is 2. The van der Waals surface area contributed by atoms with Crippen molar-refractivity contribution >= 4 is 5.69 Å². The minimum absolute atomic E-state index is 0.543. The zero-order valence-electron chi connectivity index (χ0n) is 10.0. The van der Waals surface area contributed by atoms with Crippen molar-refractivity contribution < 1.29 is 0 Å². The summed E-state index contributed by atoms with van der Waals surface area (Å²) >= 11 is 0. The van der Waals surface area contributed by atoms with Crippen LogP contribution in [0.5, 0.6) is 0 Å². The zero-order chi connectivity index (χ0) is 11.0. The highest BCUT2D eigenvalue weighted by atomic mass is 15.1. The van der Waals surface area contributed by atoms with E-state index in [1.54, 1.807) is 0 Å². The van der Waals surface area contributed by atoms with E-state index >= 15 is 0 Å². The van der Waals surface area contributed by atoms with Gasteiger partial charge in [-0.15, -0.1) is 0 Å². The van der Waals surface area contributed by atoms with Crippen molar-refractivity contribution in [2.24, 2.45) is 5.92 Å². The predicted octanol–water partition coefficient (Wildman–Crippen LogP) is 2.66. The summed E-state index contributed by atoms with van der Waals surface area (Å²) in [5.41, 5.74) is 4.09. The van der Waals surface area contributed by atoms with Crippen LogP contribution in [0.3, 0.4) is 0 Å². The quantitative estimate of drug-likeness (QED) is 0.756. The van der Waals surface area contributed by atoms with Gasteiger partial charge in [-0.1, -0.05) is 24.6 Å².